The summed E-state index contributed by atoms with van der Waals surface area (Å²) < 4.78 is 6.00. The second-order valence-corrected chi connectivity index (χ2v) is 4.52. The number of nitrogens with one attached hydrogen (secondary N) is 1. The van der Waals surface area contributed by atoms with Gasteiger partial charge >= 0.3 is 0 Å². The molecule has 0 bridgehead atoms. The van der Waals surface area contributed by atoms with E-state index in [1.807, 2.05) is 0 Å². The first-order valence-corrected chi connectivity index (χ1v) is 6.40. The van der Waals surface area contributed by atoms with Crippen LogP contribution < -0.4 is 5.32 Å². The van der Waals surface area contributed by atoms with E-state index in [-0.39, 0.29) is 17.2 Å². The Bertz CT molecular complexity index is 421. The Kier molecular flexibility index (Phi) is 6.46. The lowest BCUT2D eigenvalue weighted by atomic mass is 10.2. The number of carbonyl (C=O) groups is 1. The number of halogens is 1. The van der Waals surface area contributed by atoms with E-state index >= 15 is 0 Å². The summed E-state index contributed by atoms with van der Waals surface area (Å²) in [7, 11) is 0. The Labute approximate surface area is 115 Å². The molecule has 1 amide bonds. The molecule has 0 spiro atoms. The van der Waals surface area contributed by atoms with Crippen LogP contribution >= 0.6 is 15.9 Å². The third kappa shape index (κ3) is 4.89. The van der Waals surface area contributed by atoms with Gasteiger partial charge in [0, 0.05) is 11.0 Å². The largest absolute Gasteiger partial charge is 0.507 e. The topological polar surface area (TPSA) is 58.6 Å². The highest BCUT2D eigenvalue weighted by molar-refractivity contribution is 9.10. The minimum absolute atomic E-state index is 0.0386. The lowest BCUT2D eigenvalue weighted by molar-refractivity contribution is 0.0915. The summed E-state index contributed by atoms with van der Waals surface area (Å²) in [5.41, 5.74) is 0.246. The van der Waals surface area contributed by atoms with Crippen LogP contribution in [-0.2, 0) is 4.74 Å². The predicted octanol–water partition coefficient (Wildman–Crippen LogP) is 2.48. The fourth-order valence-electron chi connectivity index (χ4n) is 1.29. The zero-order valence-corrected chi connectivity index (χ0v) is 11.6. The summed E-state index contributed by atoms with van der Waals surface area (Å²) in [6.07, 6.45) is 2.57. The second kappa shape index (κ2) is 7.89. The quantitative estimate of drug-likeness (QED) is 0.600. The first kappa shape index (κ1) is 14.7. The maximum absolute atomic E-state index is 11.7. The molecule has 1 aromatic carbocycles. The Morgan fingerprint density at radius 1 is 1.50 bits per heavy atom. The molecular formula is C13H16BrNO3. The van der Waals surface area contributed by atoms with Crippen molar-refractivity contribution in [2.45, 2.75) is 6.42 Å². The minimum Gasteiger partial charge on any atom is -0.507 e. The fraction of sp³-hybridized carbons (Fsp3) is 0.308. The molecule has 0 aromatic heterocycles. The van der Waals surface area contributed by atoms with Gasteiger partial charge in [0.2, 0.25) is 0 Å². The minimum atomic E-state index is -0.318. The van der Waals surface area contributed by atoms with Crippen LogP contribution in [0.4, 0.5) is 0 Å². The molecule has 1 rings (SSSR count). The lowest BCUT2D eigenvalue weighted by Gasteiger charge is -2.07. The highest BCUT2D eigenvalue weighted by atomic mass is 79.9. The number of phenols is 1. The molecule has 0 heterocycles. The number of amides is 1. The van der Waals surface area contributed by atoms with Crippen molar-refractivity contribution in [3.63, 3.8) is 0 Å². The highest BCUT2D eigenvalue weighted by Crippen LogP contribution is 2.21. The van der Waals surface area contributed by atoms with Crippen LogP contribution in [0.3, 0.4) is 0 Å². The highest BCUT2D eigenvalue weighted by Gasteiger charge is 2.10. The number of hydrogen-bond donors (Lipinski definition) is 2. The second-order valence-electron chi connectivity index (χ2n) is 3.61. The predicted molar refractivity (Wildman–Crippen MR) is 73.8 cm³/mol. The Morgan fingerprint density at radius 2 is 2.28 bits per heavy atom. The summed E-state index contributed by atoms with van der Waals surface area (Å²) >= 11 is 3.25. The van der Waals surface area contributed by atoms with Crippen LogP contribution in [0.1, 0.15) is 16.8 Å². The molecule has 0 atom stereocenters. The number of benzene rings is 1. The SMILES string of the molecule is C=CCCOCCNC(=O)c1cc(Br)ccc1O. The zero-order valence-electron chi connectivity index (χ0n) is 9.99. The van der Waals surface area contributed by atoms with Crippen LogP contribution in [-0.4, -0.2) is 30.8 Å². The molecule has 5 heteroatoms. The Morgan fingerprint density at radius 3 is 3.00 bits per heavy atom. The maximum Gasteiger partial charge on any atom is 0.255 e. The molecule has 18 heavy (non-hydrogen) atoms. The van der Waals surface area contributed by atoms with E-state index < -0.39 is 0 Å². The third-order valence-corrected chi connectivity index (χ3v) is 2.69. The van der Waals surface area contributed by atoms with Crippen molar-refractivity contribution in [2.75, 3.05) is 19.8 Å². The number of carbonyl (C=O) groups excluding carboxylic acids is 1. The van der Waals surface area contributed by atoms with Gasteiger partial charge in [0.05, 0.1) is 18.8 Å². The maximum atomic E-state index is 11.7. The van der Waals surface area contributed by atoms with Crippen molar-refractivity contribution in [3.05, 3.63) is 40.9 Å². The fourth-order valence-corrected chi connectivity index (χ4v) is 1.65. The molecule has 0 saturated carbocycles. The summed E-state index contributed by atoms with van der Waals surface area (Å²) in [6.45, 7) is 5.02. The van der Waals surface area contributed by atoms with Crippen molar-refractivity contribution in [3.8, 4) is 5.75 Å². The monoisotopic (exact) mass is 313 g/mol. The Hall–Kier alpha value is -1.33. The van der Waals surface area contributed by atoms with E-state index in [1.165, 1.54) is 6.07 Å². The van der Waals surface area contributed by atoms with Gasteiger partial charge in [-0.15, -0.1) is 6.58 Å². The summed E-state index contributed by atoms with van der Waals surface area (Å²) in [5, 5.41) is 12.2. The molecule has 4 nitrogen and oxygen atoms in total. The molecule has 0 aliphatic heterocycles. The molecule has 0 fully saturated rings. The molecule has 2 N–H and O–H groups in total. The van der Waals surface area contributed by atoms with E-state index in [9.17, 15) is 9.90 Å². The van der Waals surface area contributed by atoms with Crippen LogP contribution in [0, 0.1) is 0 Å². The van der Waals surface area contributed by atoms with Gasteiger partial charge in [-0.05, 0) is 24.6 Å². The molecule has 0 radical (unpaired) electrons. The number of hydrogen-bond acceptors (Lipinski definition) is 3. The van der Waals surface area contributed by atoms with Gasteiger partial charge in [0.15, 0.2) is 0 Å². The van der Waals surface area contributed by atoms with Gasteiger partial charge in [-0.2, -0.15) is 0 Å². The van der Waals surface area contributed by atoms with Crippen molar-refractivity contribution >= 4 is 21.8 Å². The average molecular weight is 314 g/mol. The van der Waals surface area contributed by atoms with Gasteiger partial charge in [0.1, 0.15) is 5.75 Å². The van der Waals surface area contributed by atoms with Crippen LogP contribution in [0.15, 0.2) is 35.3 Å². The van der Waals surface area contributed by atoms with Crippen molar-refractivity contribution in [1.29, 1.82) is 0 Å². The standard InChI is InChI=1S/C13H16BrNO3/c1-2-3-7-18-8-6-15-13(17)11-9-10(14)4-5-12(11)16/h2,4-5,9,16H,1,3,6-8H2,(H,15,17). The van der Waals surface area contributed by atoms with Crippen molar-refractivity contribution in [2.24, 2.45) is 0 Å². The molecule has 0 aliphatic rings. The summed E-state index contributed by atoms with van der Waals surface area (Å²) in [4.78, 5) is 11.7. The number of rotatable bonds is 7. The number of ether oxygens (including phenoxy) is 1. The molecule has 0 unspecified atom stereocenters. The van der Waals surface area contributed by atoms with Crippen LogP contribution in [0.2, 0.25) is 0 Å². The van der Waals surface area contributed by atoms with E-state index in [0.29, 0.717) is 19.8 Å². The van der Waals surface area contributed by atoms with E-state index in [2.05, 4.69) is 27.8 Å². The van der Waals surface area contributed by atoms with Crippen LogP contribution in [0.25, 0.3) is 0 Å². The first-order valence-electron chi connectivity index (χ1n) is 5.60. The summed E-state index contributed by atoms with van der Waals surface area (Å²) in [5.74, 6) is -0.357. The van der Waals surface area contributed by atoms with Crippen LogP contribution in [0.5, 0.6) is 5.75 Å². The number of aromatic hydroxyl groups is 1. The third-order valence-electron chi connectivity index (χ3n) is 2.20. The number of phenolic OH excluding ortho intramolecular Hbond substituents is 1. The van der Waals surface area contributed by atoms with Gasteiger partial charge in [-0.3, -0.25) is 4.79 Å². The average Bonchev–Trinajstić information content (AvgIpc) is 2.36. The van der Waals surface area contributed by atoms with Gasteiger partial charge in [0.25, 0.3) is 5.91 Å². The molecule has 0 aliphatic carbocycles. The van der Waals surface area contributed by atoms with E-state index in [1.54, 1.807) is 18.2 Å². The molecule has 98 valence electrons. The molecular weight excluding hydrogens is 298 g/mol. The smallest absolute Gasteiger partial charge is 0.255 e. The Balaban J connectivity index is 2.36. The van der Waals surface area contributed by atoms with Gasteiger partial charge in [-0.1, -0.05) is 22.0 Å². The van der Waals surface area contributed by atoms with Gasteiger partial charge < -0.3 is 15.2 Å². The normalized spacial score (nSPS) is 10.1. The molecule has 0 saturated heterocycles. The van der Waals surface area contributed by atoms with E-state index in [4.69, 9.17) is 4.74 Å². The summed E-state index contributed by atoms with van der Waals surface area (Å²) in [6, 6.07) is 4.72. The molecule has 1 aromatic rings. The van der Waals surface area contributed by atoms with Crippen molar-refractivity contribution < 1.29 is 14.6 Å². The zero-order chi connectivity index (χ0) is 13.4. The van der Waals surface area contributed by atoms with Crippen molar-refractivity contribution in [1.82, 2.24) is 5.32 Å². The van der Waals surface area contributed by atoms with Gasteiger partial charge in [-0.25, -0.2) is 0 Å². The van der Waals surface area contributed by atoms with E-state index in [0.717, 1.165) is 10.9 Å². The lowest BCUT2D eigenvalue weighted by Crippen LogP contribution is -2.27. The first-order chi connectivity index (χ1) is 8.65.